The van der Waals surface area contributed by atoms with Crippen LogP contribution in [0.15, 0.2) is 91.0 Å². The Labute approximate surface area is 370 Å². The van der Waals surface area contributed by atoms with E-state index in [-0.39, 0.29) is 29.7 Å². The standard InChI is InChI=1S/C17H25N3O3.C8H8ClNO.C6H7N.C2H2Cl2O.3C2H6.CH3B.BO.BH2P/c1-17(2,3)23-16(22)20-11-9-19(10-12-20)13-15(21)18-14-7-5-4-6-8-14;9-6-8(11)10-7-4-2-1-3-5-7;7-6-4-2-1-3-5-6;3-1-2(4)5;6*1-2/h4-8H,9-13H2,1-3H3,(H,18,21);1-5H,6H2,(H,10,11);1-5H,7H2;1H2;3*1-2H3;1H3;;2H2. The van der Waals surface area contributed by atoms with Crippen LogP contribution in [-0.2, 0) is 23.8 Å². The Kier molecular flexibility index (Phi) is 57.0. The number of para-hydroxylation sites is 3. The number of rotatable bonds is 6. The van der Waals surface area contributed by atoms with Gasteiger partial charge in [0.05, 0.1) is 27.8 Å². The van der Waals surface area contributed by atoms with Gasteiger partial charge < -0.3 is 26.0 Å². The molecule has 0 bridgehead atoms. The second kappa shape index (κ2) is 49.7. The third-order valence-electron chi connectivity index (χ3n) is 5.53. The van der Waals surface area contributed by atoms with E-state index in [0.717, 1.165) is 17.1 Å². The molecule has 1 unspecified atom stereocenters. The van der Waals surface area contributed by atoms with Gasteiger partial charge >= 0.3 is 18.5 Å². The van der Waals surface area contributed by atoms with Crippen LogP contribution < -0.4 is 16.4 Å². The summed E-state index contributed by atoms with van der Waals surface area (Å²) in [6, 6.07) is 28.1. The fourth-order valence-corrected chi connectivity index (χ4v) is 3.58. The van der Waals surface area contributed by atoms with Crippen molar-refractivity contribution in [2.24, 2.45) is 0 Å². The molecule has 1 saturated heterocycles. The summed E-state index contributed by atoms with van der Waals surface area (Å²) in [4.78, 5) is 47.9. The van der Waals surface area contributed by atoms with Crippen molar-refractivity contribution in [1.82, 2.24) is 9.80 Å². The van der Waals surface area contributed by atoms with Crippen molar-refractivity contribution in [3.8, 4) is 0 Å². The van der Waals surface area contributed by atoms with Crippen LogP contribution in [0, 0.1) is 0 Å². The molecule has 1 aliphatic heterocycles. The molecular formula is C40H65B3Cl3N5O6P. The average molecular weight is 882 g/mol. The Balaban J connectivity index is -0.000000161. The SMILES string of the molecule is CC.CC.CC.CC(C)(C)OC(=O)N1CCN(CC(=O)Nc2ccccc2)CC1.Nc1ccccc1.O=C(CCl)Nc1ccccc1.O=C(Cl)CCl.[B]=O.[B]C.[B]P. The zero-order valence-electron chi connectivity index (χ0n) is 36.0. The van der Waals surface area contributed by atoms with E-state index in [0.29, 0.717) is 32.7 Å². The summed E-state index contributed by atoms with van der Waals surface area (Å²) < 4.78 is 13.1. The number of nitrogens with one attached hydrogen (secondary N) is 2. The number of nitrogens with zero attached hydrogens (tertiary/aromatic N) is 2. The molecule has 1 atom stereocenters. The summed E-state index contributed by atoms with van der Waals surface area (Å²) in [7, 11) is 14.1. The van der Waals surface area contributed by atoms with Gasteiger partial charge in [-0.15, -0.1) is 23.2 Å². The van der Waals surface area contributed by atoms with Gasteiger partial charge in [-0.1, -0.05) is 103 Å². The first kappa shape index (κ1) is 66.4. The Hall–Kier alpha value is -3.41. The quantitative estimate of drug-likeness (QED) is 0.0730. The van der Waals surface area contributed by atoms with Crippen LogP contribution in [0.2, 0.25) is 6.82 Å². The summed E-state index contributed by atoms with van der Waals surface area (Å²) in [6.07, 6.45) is -0.286. The predicted octanol–water partition coefficient (Wildman–Crippen LogP) is 9.03. The number of anilines is 3. The maximum atomic E-state index is 12.0. The van der Waals surface area contributed by atoms with Crippen molar-refractivity contribution in [3.63, 3.8) is 0 Å². The molecule has 1 aliphatic rings. The fraction of sp³-hybridized carbons (Fsp3) is 0.450. The van der Waals surface area contributed by atoms with Crippen molar-refractivity contribution in [3.05, 3.63) is 91.0 Å². The molecule has 58 heavy (non-hydrogen) atoms. The molecule has 4 N–H and O–H groups in total. The summed E-state index contributed by atoms with van der Waals surface area (Å²) in [5.41, 5.74) is 7.27. The Morgan fingerprint density at radius 3 is 1.28 bits per heavy atom. The zero-order valence-corrected chi connectivity index (χ0v) is 39.4. The van der Waals surface area contributed by atoms with E-state index in [4.69, 9.17) is 50.0 Å². The molecule has 5 radical (unpaired) electrons. The summed E-state index contributed by atoms with van der Waals surface area (Å²) >= 11 is 14.8. The van der Waals surface area contributed by atoms with Crippen LogP contribution in [-0.4, -0.2) is 106 Å². The van der Waals surface area contributed by atoms with Gasteiger partial charge in [-0.05, 0) is 68.8 Å². The molecule has 0 spiro atoms. The third kappa shape index (κ3) is 45.3. The van der Waals surface area contributed by atoms with Crippen LogP contribution in [0.5, 0.6) is 0 Å². The second-order valence-corrected chi connectivity index (χ2v) is 11.6. The molecule has 4 rings (SSSR count). The van der Waals surface area contributed by atoms with E-state index in [1.165, 1.54) is 6.82 Å². The maximum Gasteiger partial charge on any atom is 0.0996 e. The van der Waals surface area contributed by atoms with E-state index in [1.807, 2.05) is 167 Å². The molecule has 11 nitrogen and oxygen atoms in total. The Bertz CT molecular complexity index is 1350. The number of ether oxygens (including phenoxy) is 1. The summed E-state index contributed by atoms with van der Waals surface area (Å²) in [6.45, 7) is 21.9. The van der Waals surface area contributed by atoms with Gasteiger partial charge in [0.25, 0.3) is 0 Å². The molecule has 0 saturated carbocycles. The molecule has 18 heteroatoms. The fourth-order valence-electron chi connectivity index (χ4n) is 3.51. The van der Waals surface area contributed by atoms with Crippen molar-refractivity contribution >= 4 is 107 Å². The number of hydrogen-bond donors (Lipinski definition) is 3. The van der Waals surface area contributed by atoms with Crippen LogP contribution in [0.25, 0.3) is 0 Å². The van der Waals surface area contributed by atoms with Crippen LogP contribution in [0.4, 0.5) is 21.9 Å². The van der Waals surface area contributed by atoms with E-state index < -0.39 is 10.8 Å². The number of carbonyl (C=O) groups is 4. The van der Waals surface area contributed by atoms with E-state index >= 15 is 0 Å². The van der Waals surface area contributed by atoms with Gasteiger partial charge in [0.2, 0.25) is 17.1 Å². The normalized spacial score (nSPS) is 10.3. The van der Waals surface area contributed by atoms with E-state index in [9.17, 15) is 19.2 Å². The first-order valence-corrected chi connectivity index (χ1v) is 20.6. The maximum absolute atomic E-state index is 12.0. The molecular weight excluding hydrogens is 816 g/mol. The minimum Gasteiger partial charge on any atom is -0.187 e. The number of hydrogen-bond acceptors (Lipinski definition) is 8. The topological polar surface area (TPSA) is 151 Å². The number of benzene rings is 3. The zero-order chi connectivity index (χ0) is 46.4. The Morgan fingerprint density at radius 2 is 1.00 bits per heavy atom. The van der Waals surface area contributed by atoms with Crippen LogP contribution >= 0.6 is 43.9 Å². The number of amides is 3. The van der Waals surface area contributed by atoms with Crippen molar-refractivity contribution in [2.45, 2.75) is 74.7 Å². The minimum absolute atomic E-state index is 0.00507. The van der Waals surface area contributed by atoms with Crippen molar-refractivity contribution in [2.75, 3.05) is 60.9 Å². The number of nitrogens with two attached hydrogens (primary N) is 1. The van der Waals surface area contributed by atoms with Crippen LogP contribution in [0.3, 0.4) is 0 Å². The number of halogens is 3. The molecule has 1 fully saturated rings. The first-order chi connectivity index (χ1) is 27.8. The molecule has 3 aromatic rings. The monoisotopic (exact) mass is 880 g/mol. The van der Waals surface area contributed by atoms with E-state index in [2.05, 4.69) is 33.8 Å². The molecule has 3 aromatic carbocycles. The number of nitrogen functional groups attached to an aromatic ring is 1. The molecule has 3 amide bonds. The molecule has 1 heterocycles. The smallest absolute Gasteiger partial charge is 0.0996 e. The third-order valence-corrected chi connectivity index (χ3v) is 6.29. The molecule has 321 valence electrons. The van der Waals surface area contributed by atoms with Gasteiger partial charge in [0, 0.05) is 43.2 Å². The van der Waals surface area contributed by atoms with Gasteiger partial charge in [0.1, 0.15) is 11.5 Å². The van der Waals surface area contributed by atoms with Gasteiger partial charge in [-0.2, -0.15) is 9.12 Å². The van der Waals surface area contributed by atoms with E-state index in [1.54, 1.807) is 4.90 Å². The average Bonchev–Trinajstić information content (AvgIpc) is 3.26. The number of carbonyl (C=O) groups excluding carboxylic acids is 4. The predicted molar refractivity (Wildman–Crippen MR) is 255 cm³/mol. The summed E-state index contributed by atoms with van der Waals surface area (Å²) in [5, 5.41) is 4.98. The minimum atomic E-state index is -0.508. The second-order valence-electron chi connectivity index (χ2n) is 10.6. The van der Waals surface area contributed by atoms with Crippen LogP contribution in [0.1, 0.15) is 62.3 Å². The van der Waals surface area contributed by atoms with Crippen molar-refractivity contribution < 1.29 is 28.6 Å². The first-order valence-electron chi connectivity index (χ1n) is 18.5. The largest absolute Gasteiger partial charge is 0.187 e. The van der Waals surface area contributed by atoms with Crippen molar-refractivity contribution in [1.29, 1.82) is 0 Å². The van der Waals surface area contributed by atoms with Gasteiger partial charge in [0.15, 0.2) is 0 Å². The molecule has 0 aromatic heterocycles. The summed E-state index contributed by atoms with van der Waals surface area (Å²) in [5.74, 6) is -0.323. The van der Waals surface area contributed by atoms with Gasteiger partial charge in [-0.3, -0.25) is 19.3 Å². The van der Waals surface area contributed by atoms with Gasteiger partial charge in [-0.25, -0.2) is 4.79 Å². The Morgan fingerprint density at radius 1 is 0.672 bits per heavy atom. The number of alkyl halides is 2. The number of piperazine rings is 1. The molecule has 0 aliphatic carbocycles.